The van der Waals surface area contributed by atoms with Crippen LogP contribution in [0.2, 0.25) is 0 Å². The molecule has 43 heavy (non-hydrogen) atoms. The molecule has 0 aliphatic heterocycles. The predicted molar refractivity (Wildman–Crippen MR) is 174 cm³/mol. The van der Waals surface area contributed by atoms with Crippen molar-refractivity contribution in [3.8, 4) is 22.9 Å². The molecule has 0 fully saturated rings. The standard InChI is InChI=1S/C37H31N3O3/c1-3-13-29-22-26(23-34(42-4-2)35(29)43-25-30-18-12-17-27-14-8-9-19-31(27)30)24-38-40-36(28-15-6-5-7-16-28)39-33-21-11-10-20-32(33)37(40)41/h3,5-12,14-24H,1,4,13,25H2,2H3. The topological polar surface area (TPSA) is 65.7 Å². The van der Waals surface area contributed by atoms with Crippen LogP contribution in [0.5, 0.6) is 11.5 Å². The summed E-state index contributed by atoms with van der Waals surface area (Å²) in [5.41, 5.74) is 3.94. The Morgan fingerprint density at radius 3 is 2.40 bits per heavy atom. The minimum Gasteiger partial charge on any atom is -0.490 e. The molecule has 0 N–H and O–H groups in total. The highest BCUT2D eigenvalue weighted by atomic mass is 16.5. The summed E-state index contributed by atoms with van der Waals surface area (Å²) in [5.74, 6) is 1.74. The molecule has 0 bridgehead atoms. The molecule has 1 heterocycles. The van der Waals surface area contributed by atoms with Crippen molar-refractivity contribution < 1.29 is 9.47 Å². The summed E-state index contributed by atoms with van der Waals surface area (Å²) in [7, 11) is 0. The third kappa shape index (κ3) is 5.81. The first-order valence-corrected chi connectivity index (χ1v) is 14.3. The minimum absolute atomic E-state index is 0.243. The average Bonchev–Trinajstić information content (AvgIpc) is 3.04. The first-order chi connectivity index (χ1) is 21.2. The molecule has 0 radical (unpaired) electrons. The molecular weight excluding hydrogens is 534 g/mol. The van der Waals surface area contributed by atoms with Crippen LogP contribution in [0.15, 0.2) is 132 Å². The minimum atomic E-state index is -0.243. The Balaban J connectivity index is 1.40. The van der Waals surface area contributed by atoms with Crippen LogP contribution in [0.4, 0.5) is 0 Å². The number of aromatic nitrogens is 2. The third-order valence-electron chi connectivity index (χ3n) is 7.18. The van der Waals surface area contributed by atoms with Crippen molar-refractivity contribution >= 4 is 27.9 Å². The van der Waals surface area contributed by atoms with E-state index in [-0.39, 0.29) is 5.56 Å². The van der Waals surface area contributed by atoms with Gasteiger partial charge in [-0.15, -0.1) is 6.58 Å². The smallest absolute Gasteiger partial charge is 0.282 e. The molecule has 0 amide bonds. The zero-order chi connectivity index (χ0) is 29.6. The number of allylic oxidation sites excluding steroid dienone is 1. The Hall–Kier alpha value is -5.49. The fourth-order valence-electron chi connectivity index (χ4n) is 5.19. The summed E-state index contributed by atoms with van der Waals surface area (Å²) in [6.07, 6.45) is 4.06. The number of fused-ring (bicyclic) bond motifs is 2. The summed E-state index contributed by atoms with van der Waals surface area (Å²) in [6, 6.07) is 35.3. The van der Waals surface area contributed by atoms with Crippen molar-refractivity contribution in [2.24, 2.45) is 5.10 Å². The molecule has 1 aromatic heterocycles. The van der Waals surface area contributed by atoms with Crippen molar-refractivity contribution in [1.29, 1.82) is 0 Å². The van der Waals surface area contributed by atoms with Gasteiger partial charge < -0.3 is 9.47 Å². The summed E-state index contributed by atoms with van der Waals surface area (Å²) < 4.78 is 13.9. The molecule has 0 aliphatic rings. The second-order valence-corrected chi connectivity index (χ2v) is 10.0. The number of para-hydroxylation sites is 1. The molecule has 0 unspecified atom stereocenters. The van der Waals surface area contributed by atoms with Crippen molar-refractivity contribution in [2.75, 3.05) is 6.61 Å². The second kappa shape index (κ2) is 12.6. The van der Waals surface area contributed by atoms with Gasteiger partial charge in [0.1, 0.15) is 6.61 Å². The van der Waals surface area contributed by atoms with Gasteiger partial charge in [-0.2, -0.15) is 9.78 Å². The molecule has 6 heteroatoms. The summed E-state index contributed by atoms with van der Waals surface area (Å²) in [5, 5.41) is 7.48. The lowest BCUT2D eigenvalue weighted by atomic mass is 10.0. The first kappa shape index (κ1) is 27.7. The number of benzene rings is 5. The van der Waals surface area contributed by atoms with E-state index in [9.17, 15) is 4.79 Å². The van der Waals surface area contributed by atoms with Gasteiger partial charge in [0.2, 0.25) is 0 Å². The Labute approximate surface area is 250 Å². The maximum absolute atomic E-state index is 13.6. The zero-order valence-electron chi connectivity index (χ0n) is 23.9. The molecule has 6 aromatic rings. The lowest BCUT2D eigenvalue weighted by Crippen LogP contribution is -2.20. The monoisotopic (exact) mass is 565 g/mol. The fraction of sp³-hybridized carbons (Fsp3) is 0.108. The molecular formula is C37H31N3O3. The van der Waals surface area contributed by atoms with Gasteiger partial charge in [-0.1, -0.05) is 91.0 Å². The fourth-order valence-corrected chi connectivity index (χ4v) is 5.19. The van der Waals surface area contributed by atoms with E-state index in [1.807, 2.05) is 91.9 Å². The van der Waals surface area contributed by atoms with Crippen LogP contribution in [-0.4, -0.2) is 22.5 Å². The molecule has 6 nitrogen and oxygen atoms in total. The Bertz CT molecular complexity index is 2010. The van der Waals surface area contributed by atoms with E-state index >= 15 is 0 Å². The second-order valence-electron chi connectivity index (χ2n) is 10.0. The van der Waals surface area contributed by atoms with Crippen LogP contribution in [-0.2, 0) is 13.0 Å². The lowest BCUT2D eigenvalue weighted by molar-refractivity contribution is 0.268. The van der Waals surface area contributed by atoms with Crippen LogP contribution in [0.3, 0.4) is 0 Å². The highest BCUT2D eigenvalue weighted by Gasteiger charge is 2.15. The van der Waals surface area contributed by atoms with E-state index in [4.69, 9.17) is 14.5 Å². The van der Waals surface area contributed by atoms with E-state index in [1.165, 1.54) is 10.1 Å². The molecule has 0 atom stereocenters. The molecule has 5 aromatic carbocycles. The lowest BCUT2D eigenvalue weighted by Gasteiger charge is -2.17. The number of hydrogen-bond acceptors (Lipinski definition) is 5. The summed E-state index contributed by atoms with van der Waals surface area (Å²) in [4.78, 5) is 18.4. The van der Waals surface area contributed by atoms with Gasteiger partial charge in [0.25, 0.3) is 5.56 Å². The van der Waals surface area contributed by atoms with Gasteiger partial charge in [0.15, 0.2) is 17.3 Å². The van der Waals surface area contributed by atoms with Crippen LogP contribution in [0, 0.1) is 0 Å². The predicted octanol–water partition coefficient (Wildman–Crippen LogP) is 7.81. The van der Waals surface area contributed by atoms with Crippen molar-refractivity contribution in [2.45, 2.75) is 20.0 Å². The van der Waals surface area contributed by atoms with Crippen LogP contribution >= 0.6 is 0 Å². The SMILES string of the molecule is C=CCc1cc(C=Nn2c(-c3ccccc3)nc3ccccc3c2=O)cc(OCC)c1OCc1cccc2ccccc12. The molecule has 6 rings (SSSR count). The average molecular weight is 566 g/mol. The van der Waals surface area contributed by atoms with Gasteiger partial charge in [-0.05, 0) is 59.5 Å². The molecule has 0 saturated carbocycles. The van der Waals surface area contributed by atoms with Crippen molar-refractivity contribution in [3.05, 3.63) is 149 Å². The molecule has 212 valence electrons. The van der Waals surface area contributed by atoms with Crippen molar-refractivity contribution in [1.82, 2.24) is 9.66 Å². The Kier molecular flexibility index (Phi) is 8.09. The van der Waals surface area contributed by atoms with Crippen LogP contribution in [0.25, 0.3) is 33.1 Å². The van der Waals surface area contributed by atoms with E-state index < -0.39 is 0 Å². The molecule has 0 spiro atoms. The number of ether oxygens (including phenoxy) is 2. The normalized spacial score (nSPS) is 11.3. The summed E-state index contributed by atoms with van der Waals surface area (Å²) >= 11 is 0. The Morgan fingerprint density at radius 1 is 0.837 bits per heavy atom. The van der Waals surface area contributed by atoms with Gasteiger partial charge >= 0.3 is 0 Å². The number of nitrogens with zero attached hydrogens (tertiary/aromatic N) is 3. The van der Waals surface area contributed by atoms with Gasteiger partial charge in [0.05, 0.1) is 23.7 Å². The van der Waals surface area contributed by atoms with Crippen molar-refractivity contribution in [3.63, 3.8) is 0 Å². The number of rotatable bonds is 10. The third-order valence-corrected chi connectivity index (χ3v) is 7.18. The van der Waals surface area contributed by atoms with Gasteiger partial charge in [0, 0.05) is 11.1 Å². The van der Waals surface area contributed by atoms with E-state index in [1.54, 1.807) is 12.3 Å². The molecule has 0 saturated heterocycles. The van der Waals surface area contributed by atoms with Crippen LogP contribution in [0.1, 0.15) is 23.6 Å². The van der Waals surface area contributed by atoms with Crippen LogP contribution < -0.4 is 15.0 Å². The first-order valence-electron chi connectivity index (χ1n) is 14.3. The van der Waals surface area contributed by atoms with E-state index in [0.717, 1.165) is 27.6 Å². The Morgan fingerprint density at radius 2 is 1.58 bits per heavy atom. The number of hydrogen-bond donors (Lipinski definition) is 0. The highest BCUT2D eigenvalue weighted by Crippen LogP contribution is 2.35. The highest BCUT2D eigenvalue weighted by molar-refractivity contribution is 5.86. The zero-order valence-corrected chi connectivity index (χ0v) is 23.9. The molecule has 0 aliphatic carbocycles. The van der Waals surface area contributed by atoms with Gasteiger partial charge in [-0.25, -0.2) is 4.98 Å². The largest absolute Gasteiger partial charge is 0.490 e. The van der Waals surface area contributed by atoms with Gasteiger partial charge in [-0.3, -0.25) is 4.79 Å². The van der Waals surface area contributed by atoms with E-state index in [0.29, 0.717) is 47.9 Å². The maximum Gasteiger partial charge on any atom is 0.282 e. The maximum atomic E-state index is 13.6. The van der Waals surface area contributed by atoms with E-state index in [2.05, 4.69) is 35.9 Å². The summed E-state index contributed by atoms with van der Waals surface area (Å²) in [6.45, 7) is 6.75. The quantitative estimate of drug-likeness (QED) is 0.126.